The second kappa shape index (κ2) is 8.25. The lowest BCUT2D eigenvalue weighted by Crippen LogP contribution is -2.31. The second-order valence-electron chi connectivity index (χ2n) is 5.33. The summed E-state index contributed by atoms with van der Waals surface area (Å²) in [4.78, 5) is 0. The Bertz CT molecular complexity index is 515. The van der Waals surface area contributed by atoms with Crippen molar-refractivity contribution in [1.82, 2.24) is 9.13 Å². The lowest BCUT2D eigenvalue weighted by atomic mass is 10.1. The molecule has 0 spiro atoms. The molecule has 0 bridgehead atoms. The normalized spacial score (nSPS) is 10.7. The van der Waals surface area contributed by atoms with E-state index in [2.05, 4.69) is 47.3 Å². The highest BCUT2D eigenvalue weighted by atomic mass is 15.1. The lowest BCUT2D eigenvalue weighted by molar-refractivity contribution is -0.696. The Morgan fingerprint density at radius 1 is 0.714 bits per heavy atom. The summed E-state index contributed by atoms with van der Waals surface area (Å²) in [7, 11) is 0. The molecule has 0 fully saturated rings. The van der Waals surface area contributed by atoms with Crippen LogP contribution in [0.25, 0.3) is 12.4 Å². The standard InChI is InChI=1S/C17H26N4/c1-3-18-12-14-20(16-18)10-8-6-5-7-9-11-21-15-13-19(4-2)17-21/h3-4,12-17H,1-2,5-11H2/q+2. The highest BCUT2D eigenvalue weighted by Gasteiger charge is 2.02. The summed E-state index contributed by atoms with van der Waals surface area (Å²) in [6.07, 6.45) is 22.4. The van der Waals surface area contributed by atoms with Crippen molar-refractivity contribution in [3.05, 3.63) is 50.6 Å². The SMILES string of the molecule is C=Cn1cc[n+](CCCCCCC[n+]2ccn(C=C)c2)c1. The fraction of sp³-hybridized carbons (Fsp3) is 0.412. The van der Waals surface area contributed by atoms with Crippen LogP contribution in [0, 0.1) is 0 Å². The van der Waals surface area contributed by atoms with Gasteiger partial charge in [-0.3, -0.25) is 0 Å². The van der Waals surface area contributed by atoms with Gasteiger partial charge in [-0.15, -0.1) is 0 Å². The predicted octanol–water partition coefficient (Wildman–Crippen LogP) is 2.72. The van der Waals surface area contributed by atoms with Gasteiger partial charge >= 0.3 is 0 Å². The molecule has 2 aromatic heterocycles. The minimum absolute atomic E-state index is 1.10. The number of unbranched alkanes of at least 4 members (excludes halogenated alkanes) is 4. The first-order valence-corrected chi connectivity index (χ1v) is 7.70. The Morgan fingerprint density at radius 2 is 1.14 bits per heavy atom. The maximum absolute atomic E-state index is 3.75. The van der Waals surface area contributed by atoms with Crippen molar-refractivity contribution in [1.29, 1.82) is 0 Å². The fourth-order valence-corrected chi connectivity index (χ4v) is 2.42. The van der Waals surface area contributed by atoms with Crippen LogP contribution >= 0.6 is 0 Å². The molecular formula is C17H26N4+2. The van der Waals surface area contributed by atoms with Gasteiger partial charge in [0.25, 0.3) is 0 Å². The quantitative estimate of drug-likeness (QED) is 0.472. The molecule has 4 nitrogen and oxygen atoms in total. The molecule has 4 heteroatoms. The van der Waals surface area contributed by atoms with Crippen molar-refractivity contribution in [2.24, 2.45) is 0 Å². The van der Waals surface area contributed by atoms with Crippen LogP contribution in [-0.4, -0.2) is 9.13 Å². The van der Waals surface area contributed by atoms with Crippen LogP contribution in [0.4, 0.5) is 0 Å². The number of hydrogen-bond acceptors (Lipinski definition) is 0. The lowest BCUT2D eigenvalue weighted by Gasteiger charge is -1.99. The molecule has 0 atom stereocenters. The van der Waals surface area contributed by atoms with E-state index in [1.807, 2.05) is 33.9 Å². The van der Waals surface area contributed by atoms with Crippen LogP contribution in [-0.2, 0) is 13.1 Å². The maximum Gasteiger partial charge on any atom is 0.248 e. The smallest absolute Gasteiger partial charge is 0.236 e. The first-order chi connectivity index (χ1) is 10.3. The molecule has 2 rings (SSSR count). The zero-order valence-electron chi connectivity index (χ0n) is 12.8. The van der Waals surface area contributed by atoms with Crippen molar-refractivity contribution in [2.45, 2.75) is 45.2 Å². The predicted molar refractivity (Wildman–Crippen MR) is 85.1 cm³/mol. The van der Waals surface area contributed by atoms with Crippen molar-refractivity contribution in [3.63, 3.8) is 0 Å². The molecule has 2 aromatic rings. The molecule has 112 valence electrons. The molecule has 21 heavy (non-hydrogen) atoms. The topological polar surface area (TPSA) is 17.6 Å². The van der Waals surface area contributed by atoms with Gasteiger partial charge in [-0.05, 0) is 25.7 Å². The molecular weight excluding hydrogens is 260 g/mol. The molecule has 0 radical (unpaired) electrons. The van der Waals surface area contributed by atoms with E-state index in [4.69, 9.17) is 0 Å². The summed E-state index contributed by atoms with van der Waals surface area (Å²) >= 11 is 0. The van der Waals surface area contributed by atoms with Crippen molar-refractivity contribution >= 4 is 12.4 Å². The number of aromatic nitrogens is 4. The van der Waals surface area contributed by atoms with E-state index in [0.717, 1.165) is 13.1 Å². The third-order valence-corrected chi connectivity index (χ3v) is 3.68. The zero-order chi connectivity index (χ0) is 14.9. The van der Waals surface area contributed by atoms with Gasteiger partial charge in [-0.25, -0.2) is 18.3 Å². The van der Waals surface area contributed by atoms with E-state index < -0.39 is 0 Å². The Morgan fingerprint density at radius 3 is 1.52 bits per heavy atom. The zero-order valence-corrected chi connectivity index (χ0v) is 12.8. The highest BCUT2D eigenvalue weighted by Crippen LogP contribution is 2.03. The largest absolute Gasteiger partial charge is 0.248 e. The molecule has 0 N–H and O–H groups in total. The molecule has 0 saturated heterocycles. The molecule has 0 unspecified atom stereocenters. The van der Waals surface area contributed by atoms with E-state index in [1.54, 1.807) is 0 Å². The van der Waals surface area contributed by atoms with Gasteiger partial charge in [0.1, 0.15) is 24.8 Å². The Labute approximate surface area is 127 Å². The third kappa shape index (κ3) is 5.06. The Balaban J connectivity index is 1.51. The molecule has 0 saturated carbocycles. The Kier molecular flexibility index (Phi) is 6.00. The van der Waals surface area contributed by atoms with Gasteiger partial charge < -0.3 is 0 Å². The minimum Gasteiger partial charge on any atom is -0.236 e. The summed E-state index contributed by atoms with van der Waals surface area (Å²) < 4.78 is 8.39. The van der Waals surface area contributed by atoms with Gasteiger partial charge in [-0.2, -0.15) is 0 Å². The number of rotatable bonds is 10. The first-order valence-electron chi connectivity index (χ1n) is 7.70. The van der Waals surface area contributed by atoms with Crippen molar-refractivity contribution in [2.75, 3.05) is 0 Å². The summed E-state index contributed by atoms with van der Waals surface area (Å²) in [6, 6.07) is 0. The van der Waals surface area contributed by atoms with Crippen LogP contribution < -0.4 is 9.13 Å². The molecule has 0 amide bonds. The monoisotopic (exact) mass is 286 g/mol. The molecule has 0 aliphatic carbocycles. The van der Waals surface area contributed by atoms with Gasteiger partial charge in [0.15, 0.2) is 0 Å². The summed E-state index contributed by atoms with van der Waals surface area (Å²) in [5.74, 6) is 0. The van der Waals surface area contributed by atoms with Crippen molar-refractivity contribution < 1.29 is 9.13 Å². The second-order valence-corrected chi connectivity index (χ2v) is 5.33. The number of hydrogen-bond donors (Lipinski definition) is 0. The van der Waals surface area contributed by atoms with Crippen LogP contribution in [0.15, 0.2) is 50.6 Å². The summed E-state index contributed by atoms with van der Waals surface area (Å²) in [6.45, 7) is 9.68. The minimum atomic E-state index is 1.10. The highest BCUT2D eigenvalue weighted by molar-refractivity contribution is 5.13. The van der Waals surface area contributed by atoms with Crippen molar-refractivity contribution in [3.8, 4) is 0 Å². The van der Waals surface area contributed by atoms with E-state index in [9.17, 15) is 0 Å². The van der Waals surface area contributed by atoms with E-state index in [1.165, 1.54) is 32.1 Å². The average molecular weight is 286 g/mol. The number of nitrogens with zero attached hydrogens (tertiary/aromatic N) is 4. The maximum atomic E-state index is 3.75. The number of aryl methyl sites for hydroxylation is 2. The van der Waals surface area contributed by atoms with Crippen LogP contribution in [0.5, 0.6) is 0 Å². The summed E-state index contributed by atoms with van der Waals surface area (Å²) in [5, 5.41) is 0. The molecule has 0 aromatic carbocycles. The first kappa shape index (κ1) is 15.3. The van der Waals surface area contributed by atoms with Gasteiger partial charge in [0, 0.05) is 0 Å². The average Bonchev–Trinajstić information content (AvgIpc) is 3.15. The van der Waals surface area contributed by atoms with E-state index >= 15 is 0 Å². The van der Waals surface area contributed by atoms with Crippen LogP contribution in [0.3, 0.4) is 0 Å². The summed E-state index contributed by atoms with van der Waals surface area (Å²) in [5.41, 5.74) is 0. The van der Waals surface area contributed by atoms with Crippen LogP contribution in [0.2, 0.25) is 0 Å². The third-order valence-electron chi connectivity index (χ3n) is 3.68. The van der Waals surface area contributed by atoms with Crippen LogP contribution in [0.1, 0.15) is 32.1 Å². The van der Waals surface area contributed by atoms with Gasteiger partial charge in [-0.1, -0.05) is 19.6 Å². The molecule has 0 aliphatic heterocycles. The Hall–Kier alpha value is -2.10. The fourth-order valence-electron chi connectivity index (χ4n) is 2.42. The van der Waals surface area contributed by atoms with E-state index in [-0.39, 0.29) is 0 Å². The van der Waals surface area contributed by atoms with E-state index in [0.29, 0.717) is 0 Å². The molecule has 0 aliphatic rings. The van der Waals surface area contributed by atoms with Gasteiger partial charge in [0.05, 0.1) is 25.5 Å². The van der Waals surface area contributed by atoms with Gasteiger partial charge in [0.2, 0.25) is 12.7 Å². The molecule has 2 heterocycles. The number of imidazole rings is 2.